The van der Waals surface area contributed by atoms with Crippen LogP contribution in [-0.2, 0) is 0 Å². The minimum absolute atomic E-state index is 0.0580. The highest BCUT2D eigenvalue weighted by atomic mass is 79.9. The average Bonchev–Trinajstić information content (AvgIpc) is 2.88. The van der Waals surface area contributed by atoms with E-state index in [2.05, 4.69) is 21.2 Å². The number of thiophene rings is 1. The maximum atomic E-state index is 12.4. The predicted molar refractivity (Wildman–Crippen MR) is 93.4 cm³/mol. The molecule has 0 saturated carbocycles. The highest BCUT2D eigenvalue weighted by molar-refractivity contribution is 9.10. The van der Waals surface area contributed by atoms with Crippen LogP contribution in [0.3, 0.4) is 0 Å². The molecule has 0 bridgehead atoms. The molecule has 106 valence electrons. The van der Waals surface area contributed by atoms with Gasteiger partial charge in [0.2, 0.25) is 0 Å². The zero-order valence-corrected chi connectivity index (χ0v) is 14.1. The largest absolute Gasteiger partial charge is 0.321 e. The van der Waals surface area contributed by atoms with Crippen molar-refractivity contribution in [2.24, 2.45) is 0 Å². The van der Waals surface area contributed by atoms with Gasteiger partial charge in [-0.3, -0.25) is 4.79 Å². The summed E-state index contributed by atoms with van der Waals surface area (Å²) in [6.07, 6.45) is 0. The zero-order chi connectivity index (χ0) is 15.0. The lowest BCUT2D eigenvalue weighted by atomic mass is 10.1. The summed E-state index contributed by atoms with van der Waals surface area (Å²) in [5.41, 5.74) is 3.05. The van der Waals surface area contributed by atoms with Gasteiger partial charge in [-0.25, -0.2) is 0 Å². The van der Waals surface area contributed by atoms with Gasteiger partial charge in [-0.2, -0.15) is 0 Å². The van der Waals surface area contributed by atoms with Crippen LogP contribution in [-0.4, -0.2) is 5.91 Å². The summed E-state index contributed by atoms with van der Waals surface area (Å²) in [7, 11) is 0. The van der Waals surface area contributed by atoms with Gasteiger partial charge < -0.3 is 5.32 Å². The zero-order valence-electron chi connectivity index (χ0n) is 11.7. The molecule has 0 spiro atoms. The summed E-state index contributed by atoms with van der Waals surface area (Å²) in [4.78, 5) is 13.1. The van der Waals surface area contributed by atoms with E-state index >= 15 is 0 Å². The van der Waals surface area contributed by atoms with E-state index < -0.39 is 0 Å². The first-order chi connectivity index (χ1) is 10.0. The van der Waals surface area contributed by atoms with E-state index in [1.807, 2.05) is 56.3 Å². The minimum atomic E-state index is -0.0580. The monoisotopic (exact) mass is 359 g/mol. The normalized spacial score (nSPS) is 10.8. The van der Waals surface area contributed by atoms with Crippen molar-refractivity contribution >= 4 is 48.9 Å². The van der Waals surface area contributed by atoms with Crippen molar-refractivity contribution in [3.05, 3.63) is 62.9 Å². The van der Waals surface area contributed by atoms with Crippen molar-refractivity contribution in [1.29, 1.82) is 0 Å². The topological polar surface area (TPSA) is 29.1 Å². The van der Waals surface area contributed by atoms with Crippen LogP contribution in [0.15, 0.2) is 46.9 Å². The molecule has 0 radical (unpaired) electrons. The molecular formula is C17H14BrNOS. The molecule has 4 heteroatoms. The average molecular weight is 360 g/mol. The Hall–Kier alpha value is -1.65. The van der Waals surface area contributed by atoms with Gasteiger partial charge in [0.25, 0.3) is 5.91 Å². The fourth-order valence-electron chi connectivity index (χ4n) is 2.30. The number of hydrogen-bond acceptors (Lipinski definition) is 2. The second kappa shape index (κ2) is 5.62. The molecule has 0 aliphatic carbocycles. The molecule has 1 heterocycles. The standard InChI is InChI=1S/C17H14BrNOS/c1-10-7-13(8-11(2)16(10)18)19-17(20)15-9-12-5-3-4-6-14(12)21-15/h3-9H,1-2H3,(H,19,20). The van der Waals surface area contributed by atoms with Gasteiger partial charge >= 0.3 is 0 Å². The smallest absolute Gasteiger partial charge is 0.265 e. The van der Waals surface area contributed by atoms with E-state index in [1.54, 1.807) is 0 Å². The van der Waals surface area contributed by atoms with Crippen LogP contribution < -0.4 is 5.32 Å². The van der Waals surface area contributed by atoms with E-state index in [0.717, 1.165) is 36.3 Å². The first kappa shape index (κ1) is 14.3. The highest BCUT2D eigenvalue weighted by Gasteiger charge is 2.11. The third kappa shape index (κ3) is 2.87. The van der Waals surface area contributed by atoms with Crippen molar-refractivity contribution in [2.75, 3.05) is 5.32 Å². The Labute approximate surface area is 135 Å². The molecule has 3 aromatic rings. The summed E-state index contributed by atoms with van der Waals surface area (Å²) >= 11 is 5.05. The Morgan fingerprint density at radius 2 is 1.76 bits per heavy atom. The van der Waals surface area contributed by atoms with Crippen molar-refractivity contribution in [2.45, 2.75) is 13.8 Å². The van der Waals surface area contributed by atoms with Gasteiger partial charge in [0.15, 0.2) is 0 Å². The van der Waals surface area contributed by atoms with Crippen molar-refractivity contribution < 1.29 is 4.79 Å². The molecule has 1 amide bonds. The predicted octanol–water partition coefficient (Wildman–Crippen LogP) is 5.53. The molecule has 2 nitrogen and oxygen atoms in total. The Morgan fingerprint density at radius 3 is 2.43 bits per heavy atom. The van der Waals surface area contributed by atoms with Crippen molar-refractivity contribution in [3.63, 3.8) is 0 Å². The maximum Gasteiger partial charge on any atom is 0.265 e. The van der Waals surface area contributed by atoms with Gasteiger partial charge in [0.1, 0.15) is 0 Å². The minimum Gasteiger partial charge on any atom is -0.321 e. The first-order valence-electron chi connectivity index (χ1n) is 6.61. The highest BCUT2D eigenvalue weighted by Crippen LogP contribution is 2.28. The van der Waals surface area contributed by atoms with Gasteiger partial charge in [-0.15, -0.1) is 11.3 Å². The number of rotatable bonds is 2. The van der Waals surface area contributed by atoms with Crippen molar-refractivity contribution in [3.8, 4) is 0 Å². The summed E-state index contributed by atoms with van der Waals surface area (Å²) in [5, 5.41) is 4.09. The summed E-state index contributed by atoms with van der Waals surface area (Å²) in [6.45, 7) is 4.04. The van der Waals surface area contributed by atoms with E-state index in [0.29, 0.717) is 0 Å². The van der Waals surface area contributed by atoms with Crippen LogP contribution >= 0.6 is 27.3 Å². The number of carbonyl (C=O) groups is 1. The van der Waals surface area contributed by atoms with E-state index in [1.165, 1.54) is 11.3 Å². The van der Waals surface area contributed by atoms with E-state index in [9.17, 15) is 4.79 Å². The van der Waals surface area contributed by atoms with Gasteiger partial charge in [0.05, 0.1) is 4.88 Å². The third-order valence-corrected chi connectivity index (χ3v) is 5.71. The summed E-state index contributed by atoms with van der Waals surface area (Å²) < 4.78 is 2.22. The molecule has 0 fully saturated rings. The molecule has 0 saturated heterocycles. The number of hydrogen-bond donors (Lipinski definition) is 1. The van der Waals surface area contributed by atoms with E-state index in [4.69, 9.17) is 0 Å². The number of anilines is 1. The number of fused-ring (bicyclic) bond motifs is 1. The fraction of sp³-hybridized carbons (Fsp3) is 0.118. The summed E-state index contributed by atoms with van der Waals surface area (Å²) in [5.74, 6) is -0.0580. The van der Waals surface area contributed by atoms with Crippen LogP contribution in [0.1, 0.15) is 20.8 Å². The van der Waals surface area contributed by atoms with Crippen LogP contribution in [0.2, 0.25) is 0 Å². The van der Waals surface area contributed by atoms with Crippen LogP contribution in [0, 0.1) is 13.8 Å². The lowest BCUT2D eigenvalue weighted by molar-refractivity contribution is 0.103. The van der Waals surface area contributed by atoms with E-state index in [-0.39, 0.29) is 5.91 Å². The molecular weight excluding hydrogens is 346 g/mol. The third-order valence-electron chi connectivity index (χ3n) is 3.34. The Balaban J connectivity index is 1.89. The summed E-state index contributed by atoms with van der Waals surface area (Å²) in [6, 6.07) is 13.9. The number of amides is 1. The fourth-order valence-corrected chi connectivity index (χ4v) is 3.49. The molecule has 1 aromatic heterocycles. The van der Waals surface area contributed by atoms with Crippen LogP contribution in [0.5, 0.6) is 0 Å². The SMILES string of the molecule is Cc1cc(NC(=O)c2cc3ccccc3s2)cc(C)c1Br. The molecule has 1 N–H and O–H groups in total. The second-order valence-corrected chi connectivity index (χ2v) is 6.90. The molecule has 0 aliphatic rings. The lowest BCUT2D eigenvalue weighted by Gasteiger charge is -2.08. The Bertz CT molecular complexity index is 782. The molecule has 21 heavy (non-hydrogen) atoms. The van der Waals surface area contributed by atoms with Gasteiger partial charge in [-0.05, 0) is 54.6 Å². The molecule has 2 aromatic carbocycles. The number of nitrogens with one attached hydrogen (secondary N) is 1. The van der Waals surface area contributed by atoms with Crippen LogP contribution in [0.25, 0.3) is 10.1 Å². The Morgan fingerprint density at radius 1 is 1.10 bits per heavy atom. The number of benzene rings is 2. The molecule has 3 rings (SSSR count). The molecule has 0 unspecified atom stereocenters. The molecule has 0 aliphatic heterocycles. The van der Waals surface area contributed by atoms with Crippen molar-refractivity contribution in [1.82, 2.24) is 0 Å². The quantitative estimate of drug-likeness (QED) is 0.639. The number of aryl methyl sites for hydroxylation is 2. The second-order valence-electron chi connectivity index (χ2n) is 5.03. The Kier molecular flexibility index (Phi) is 3.83. The maximum absolute atomic E-state index is 12.4. The lowest BCUT2D eigenvalue weighted by Crippen LogP contribution is -2.10. The van der Waals surface area contributed by atoms with Crippen LogP contribution in [0.4, 0.5) is 5.69 Å². The van der Waals surface area contributed by atoms with Gasteiger partial charge in [0, 0.05) is 14.9 Å². The molecule has 0 atom stereocenters. The number of carbonyl (C=O) groups excluding carboxylic acids is 1. The van der Waals surface area contributed by atoms with Gasteiger partial charge in [-0.1, -0.05) is 34.1 Å². The number of halogens is 1. The first-order valence-corrected chi connectivity index (χ1v) is 8.22.